The maximum absolute atomic E-state index is 14.2. The molecular formula is C36H37N3O9. The minimum absolute atomic E-state index is 0.0369. The summed E-state index contributed by atoms with van der Waals surface area (Å²) in [5.74, 6) is -11.3. The molecule has 0 aliphatic heterocycles. The molecule has 2 saturated carbocycles. The molecule has 6 rings (SSSR count). The number of aliphatic hydroxyl groups is 1. The van der Waals surface area contributed by atoms with Gasteiger partial charge in [-0.05, 0) is 78.9 Å². The maximum Gasteiger partial charge on any atom is 0.319 e. The van der Waals surface area contributed by atoms with E-state index in [0.717, 1.165) is 21.9 Å². The van der Waals surface area contributed by atoms with Crippen LogP contribution in [0, 0.1) is 23.7 Å². The molecule has 3 aliphatic rings. The molecule has 12 heteroatoms. The molecule has 0 aromatic heterocycles. The number of ketones is 4. The van der Waals surface area contributed by atoms with Gasteiger partial charge in [-0.1, -0.05) is 42.5 Å². The Morgan fingerprint density at radius 1 is 1.00 bits per heavy atom. The van der Waals surface area contributed by atoms with Crippen molar-refractivity contribution in [3.63, 3.8) is 0 Å². The van der Waals surface area contributed by atoms with Crippen molar-refractivity contribution in [3.05, 3.63) is 65.2 Å². The molecule has 1 amide bonds. The highest BCUT2D eigenvalue weighted by Gasteiger charge is 2.69. The van der Waals surface area contributed by atoms with Crippen molar-refractivity contribution < 1.29 is 43.7 Å². The minimum atomic E-state index is -2.78. The Morgan fingerprint density at radius 2 is 1.69 bits per heavy atom. The number of hydrogen-bond donors (Lipinski definition) is 4. The van der Waals surface area contributed by atoms with E-state index < -0.39 is 64.4 Å². The second kappa shape index (κ2) is 12.3. The number of carbonyl (C=O) groups is 6. The number of carbonyl (C=O) groups excluding carboxylic acids is 6. The van der Waals surface area contributed by atoms with Crippen LogP contribution in [0.15, 0.2) is 48.5 Å². The molecule has 0 heterocycles. The number of hydrogen-bond acceptors (Lipinski definition) is 11. The van der Waals surface area contributed by atoms with Gasteiger partial charge < -0.3 is 26.0 Å². The average Bonchev–Trinajstić information content (AvgIpc) is 3.03. The van der Waals surface area contributed by atoms with E-state index in [2.05, 4.69) is 5.32 Å². The monoisotopic (exact) mass is 655 g/mol. The van der Waals surface area contributed by atoms with Gasteiger partial charge in [-0.3, -0.25) is 33.7 Å². The van der Waals surface area contributed by atoms with Crippen LogP contribution < -0.4 is 11.1 Å². The van der Waals surface area contributed by atoms with Gasteiger partial charge in [-0.15, -0.1) is 0 Å². The van der Waals surface area contributed by atoms with Gasteiger partial charge in [-0.2, -0.15) is 0 Å². The zero-order valence-corrected chi connectivity index (χ0v) is 26.8. The van der Waals surface area contributed by atoms with Crippen molar-refractivity contribution in [2.45, 2.75) is 38.0 Å². The normalized spacial score (nSPS) is 26.6. The van der Waals surface area contributed by atoms with Gasteiger partial charge >= 0.3 is 5.97 Å². The summed E-state index contributed by atoms with van der Waals surface area (Å²) in [6.07, 6.45) is 0.109. The van der Waals surface area contributed by atoms with Crippen LogP contribution in [0.3, 0.4) is 0 Å². The van der Waals surface area contributed by atoms with Crippen LogP contribution in [0.5, 0.6) is 5.75 Å². The van der Waals surface area contributed by atoms with E-state index in [4.69, 9.17) is 10.5 Å². The lowest BCUT2D eigenvalue weighted by Crippen LogP contribution is -2.74. The zero-order chi connectivity index (χ0) is 34.7. The summed E-state index contributed by atoms with van der Waals surface area (Å²) in [5, 5.41) is 27.7. The number of rotatable bonds is 8. The van der Waals surface area contributed by atoms with Crippen LogP contribution in [-0.2, 0) is 41.7 Å². The summed E-state index contributed by atoms with van der Waals surface area (Å²) in [7, 11) is 3.10. The fourth-order valence-corrected chi connectivity index (χ4v) is 8.12. The number of phenolic OH excluding ortho intramolecular Hbond substituents is 1. The number of nitrogens with zero attached hydrogens (tertiary/aromatic N) is 1. The maximum atomic E-state index is 14.2. The van der Waals surface area contributed by atoms with Crippen LogP contribution in [0.4, 0.5) is 0 Å². The first-order chi connectivity index (χ1) is 22.8. The second-order valence-electron chi connectivity index (χ2n) is 13.0. The van der Waals surface area contributed by atoms with Gasteiger partial charge in [-0.25, -0.2) is 0 Å². The van der Waals surface area contributed by atoms with Crippen molar-refractivity contribution in [1.82, 2.24) is 10.2 Å². The quantitative estimate of drug-likeness (QED) is 0.202. The van der Waals surface area contributed by atoms with E-state index >= 15 is 0 Å². The topological polar surface area (TPSA) is 193 Å². The molecule has 6 atom stereocenters. The van der Waals surface area contributed by atoms with Crippen LogP contribution in [0.1, 0.15) is 34.8 Å². The van der Waals surface area contributed by atoms with Gasteiger partial charge in [0.1, 0.15) is 5.75 Å². The molecule has 250 valence electrons. The highest BCUT2D eigenvalue weighted by atomic mass is 16.5. The van der Waals surface area contributed by atoms with Gasteiger partial charge in [0, 0.05) is 12.5 Å². The molecule has 12 nitrogen and oxygen atoms in total. The number of Topliss-reactive ketones (excluding diaryl/α,β-unsaturated/α-hetero) is 4. The Morgan fingerprint density at radius 3 is 2.35 bits per heavy atom. The summed E-state index contributed by atoms with van der Waals surface area (Å²) in [6, 6.07) is 13.4. The predicted molar refractivity (Wildman–Crippen MR) is 173 cm³/mol. The lowest BCUT2D eigenvalue weighted by molar-refractivity contribution is -0.181. The third-order valence-corrected chi connectivity index (χ3v) is 10.1. The second-order valence-corrected chi connectivity index (χ2v) is 13.0. The molecule has 3 aromatic carbocycles. The number of esters is 1. The number of aromatic hydroxyl groups is 1. The van der Waals surface area contributed by atoms with Crippen molar-refractivity contribution in [3.8, 4) is 16.9 Å². The zero-order valence-electron chi connectivity index (χ0n) is 26.8. The summed E-state index contributed by atoms with van der Waals surface area (Å²) >= 11 is 0. The van der Waals surface area contributed by atoms with E-state index in [-0.39, 0.29) is 43.3 Å². The largest absolute Gasteiger partial charge is 0.507 e. The smallest absolute Gasteiger partial charge is 0.319 e. The molecular weight excluding hydrogens is 618 g/mol. The summed E-state index contributed by atoms with van der Waals surface area (Å²) in [4.78, 5) is 80.8. The number of ether oxygens (including phenoxy) is 1. The summed E-state index contributed by atoms with van der Waals surface area (Å²) < 4.78 is 5.00. The first-order valence-corrected chi connectivity index (χ1v) is 15.9. The lowest BCUT2D eigenvalue weighted by Gasteiger charge is -2.52. The number of benzene rings is 3. The van der Waals surface area contributed by atoms with Crippen LogP contribution in [0.25, 0.3) is 21.9 Å². The number of phenols is 1. The minimum Gasteiger partial charge on any atom is -0.507 e. The van der Waals surface area contributed by atoms with Crippen LogP contribution in [0.2, 0.25) is 0 Å². The fraction of sp³-hybridized carbons (Fsp3) is 0.389. The van der Waals surface area contributed by atoms with E-state index in [0.29, 0.717) is 17.7 Å². The van der Waals surface area contributed by atoms with E-state index in [9.17, 15) is 39.0 Å². The molecule has 48 heavy (non-hydrogen) atoms. The highest BCUT2D eigenvalue weighted by molar-refractivity contribution is 6.32. The number of nitrogens with two attached hydrogens (primary N) is 1. The SMILES string of the molecule is CCOC(=O)CNCc1ccc(-c2ccc(O)c3c2C[C@@H]2C[C@@H]4[C@@H](N(C)C)C(=O)C(C(N)=O)C(=O)[C@]4(O)C(=O)C2C3=O)c2ccccc12. The third-order valence-electron chi connectivity index (χ3n) is 10.1. The number of fused-ring (bicyclic) bond motifs is 4. The molecule has 0 saturated heterocycles. The van der Waals surface area contributed by atoms with Gasteiger partial charge in [0.15, 0.2) is 34.7 Å². The van der Waals surface area contributed by atoms with E-state index in [1.807, 2.05) is 36.4 Å². The molecule has 2 unspecified atom stereocenters. The first-order valence-electron chi connectivity index (χ1n) is 15.9. The molecule has 5 N–H and O–H groups in total. The van der Waals surface area contributed by atoms with Crippen LogP contribution >= 0.6 is 0 Å². The number of nitrogens with one attached hydrogen (secondary N) is 1. The van der Waals surface area contributed by atoms with Gasteiger partial charge in [0.05, 0.1) is 30.7 Å². The Balaban J connectivity index is 1.43. The fourth-order valence-electron chi connectivity index (χ4n) is 8.12. The average molecular weight is 656 g/mol. The number of primary amides is 1. The predicted octanol–water partition coefficient (Wildman–Crippen LogP) is 1.34. The Labute approximate surface area is 276 Å². The Hall–Kier alpha value is -4.78. The van der Waals surface area contributed by atoms with Gasteiger partial charge in [0.25, 0.3) is 0 Å². The number of amides is 1. The molecule has 0 radical (unpaired) electrons. The first kappa shape index (κ1) is 33.1. The Bertz CT molecular complexity index is 1900. The van der Waals surface area contributed by atoms with E-state index in [1.54, 1.807) is 27.1 Å². The third kappa shape index (κ3) is 5.02. The van der Waals surface area contributed by atoms with Crippen molar-refractivity contribution in [2.24, 2.45) is 29.4 Å². The van der Waals surface area contributed by atoms with E-state index in [1.165, 1.54) is 11.0 Å². The molecule has 3 aliphatic carbocycles. The molecule has 3 aromatic rings. The Kier molecular flexibility index (Phi) is 8.52. The summed E-state index contributed by atoms with van der Waals surface area (Å²) in [5.41, 5.74) is 5.44. The molecule has 2 fully saturated rings. The van der Waals surface area contributed by atoms with Crippen molar-refractivity contribution in [1.29, 1.82) is 0 Å². The van der Waals surface area contributed by atoms with Gasteiger partial charge in [0.2, 0.25) is 5.91 Å². The molecule has 0 bridgehead atoms. The number of likely N-dealkylation sites (N-methyl/N-ethyl adjacent to an activating group) is 1. The molecule has 0 spiro atoms. The highest BCUT2D eigenvalue weighted by Crippen LogP contribution is 2.52. The van der Waals surface area contributed by atoms with Crippen molar-refractivity contribution >= 4 is 45.8 Å². The standard InChI is InChI=1S/C36H37N3O9/c1-4-48-26(41)16-38-15-17-9-10-21(20-8-6-5-7-19(17)20)22-11-12-25(40)28-23(22)13-18-14-24-30(39(2)3)32(43)29(35(37)46)34(45)36(24,47)33(44)27(18)31(28)42/h5-12,18,24,27,29-30,38,40,47H,4,13-16H2,1-3H3,(H2,37,46)/t18-,24-,27?,29?,30-,36-/m1/s1. The summed E-state index contributed by atoms with van der Waals surface area (Å²) in [6.45, 7) is 2.47. The van der Waals surface area contributed by atoms with Crippen LogP contribution in [-0.4, -0.2) is 89.0 Å². The lowest BCUT2D eigenvalue weighted by atomic mass is 9.52. The van der Waals surface area contributed by atoms with Crippen molar-refractivity contribution in [2.75, 3.05) is 27.2 Å².